The zero-order valence-electron chi connectivity index (χ0n) is 11.3. The molecule has 0 aromatic rings. The number of hydrogen-bond acceptors (Lipinski definition) is 2. The van der Waals surface area contributed by atoms with E-state index in [1.165, 1.54) is 38.3 Å². The Kier molecular flexibility index (Phi) is 7.44. The largest absolute Gasteiger partial charge is 0.394 e. The summed E-state index contributed by atoms with van der Waals surface area (Å²) in [5.41, 5.74) is 1.50. The zero-order valence-corrected chi connectivity index (χ0v) is 11.3. The molecule has 4 heteroatoms. The molecule has 0 aliphatic carbocycles. The van der Waals surface area contributed by atoms with Gasteiger partial charge in [0.1, 0.15) is 32.7 Å². The lowest BCUT2D eigenvalue weighted by atomic mass is 10.2. The molecule has 0 amide bonds. The Bertz CT molecular complexity index is 223. The Morgan fingerprint density at radius 2 is 1.82 bits per heavy atom. The molecule has 3 N–H and O–H groups in total. The summed E-state index contributed by atoms with van der Waals surface area (Å²) in [6.45, 7) is 13.0. The number of aliphatic hydroxyl groups is 1. The van der Waals surface area contributed by atoms with Gasteiger partial charge >= 0.3 is 0 Å². The number of piperazine rings is 1. The fraction of sp³-hybridized carbons (Fsp3) is 0.846. The molecular weight excluding hydrogens is 216 g/mol. The molecule has 1 heterocycles. The molecule has 1 fully saturated rings. The Labute approximate surface area is 105 Å². The number of quaternary nitrogens is 2. The van der Waals surface area contributed by atoms with Crippen LogP contribution < -0.4 is 9.80 Å². The van der Waals surface area contributed by atoms with E-state index in [4.69, 9.17) is 9.84 Å². The van der Waals surface area contributed by atoms with Crippen LogP contribution in [0.5, 0.6) is 0 Å². The summed E-state index contributed by atoms with van der Waals surface area (Å²) in [5.74, 6) is 0. The van der Waals surface area contributed by atoms with Crippen molar-refractivity contribution in [2.24, 2.45) is 0 Å². The van der Waals surface area contributed by atoms with Crippen LogP contribution in [0.15, 0.2) is 11.6 Å². The molecule has 1 aliphatic rings. The second-order valence-electron chi connectivity index (χ2n) is 4.90. The van der Waals surface area contributed by atoms with Crippen molar-refractivity contribution in [1.29, 1.82) is 0 Å². The van der Waals surface area contributed by atoms with Gasteiger partial charge in [0.2, 0.25) is 0 Å². The molecule has 0 spiro atoms. The van der Waals surface area contributed by atoms with E-state index >= 15 is 0 Å². The zero-order chi connectivity index (χ0) is 12.5. The summed E-state index contributed by atoms with van der Waals surface area (Å²) in [5, 5.41) is 8.60. The lowest BCUT2D eigenvalue weighted by Crippen LogP contribution is -3.28. The maximum atomic E-state index is 8.60. The molecule has 0 unspecified atom stereocenters. The highest BCUT2D eigenvalue weighted by Crippen LogP contribution is 1.84. The first kappa shape index (κ1) is 14.6. The molecule has 1 rings (SSSR count). The molecule has 1 aliphatic heterocycles. The molecule has 0 aromatic heterocycles. The normalized spacial score (nSPS) is 26.2. The minimum absolute atomic E-state index is 0.135. The van der Waals surface area contributed by atoms with E-state index in [0.29, 0.717) is 6.61 Å². The van der Waals surface area contributed by atoms with Gasteiger partial charge in [-0.25, -0.2) is 0 Å². The number of nitrogens with one attached hydrogen (secondary N) is 2. The van der Waals surface area contributed by atoms with Gasteiger partial charge < -0.3 is 19.6 Å². The lowest BCUT2D eigenvalue weighted by molar-refractivity contribution is -1.01. The Morgan fingerprint density at radius 3 is 2.41 bits per heavy atom. The van der Waals surface area contributed by atoms with Crippen LogP contribution in [-0.4, -0.2) is 64.2 Å². The maximum absolute atomic E-state index is 8.60. The van der Waals surface area contributed by atoms with Gasteiger partial charge in [-0.05, 0) is 19.4 Å². The SMILES string of the molecule is C/C=C(\C)C[NH+]1CC[NH+](CCOCCO)CC1. The number of ether oxygens (including phenoxy) is 1. The van der Waals surface area contributed by atoms with E-state index < -0.39 is 0 Å². The second-order valence-corrected chi connectivity index (χ2v) is 4.90. The predicted octanol–water partition coefficient (Wildman–Crippen LogP) is -2.26. The molecular formula is C13H28N2O2+2. The highest BCUT2D eigenvalue weighted by Gasteiger charge is 2.22. The van der Waals surface area contributed by atoms with Gasteiger partial charge in [-0.15, -0.1) is 0 Å². The van der Waals surface area contributed by atoms with Crippen molar-refractivity contribution >= 4 is 0 Å². The summed E-state index contributed by atoms with van der Waals surface area (Å²) in [6.07, 6.45) is 2.22. The number of rotatable bonds is 7. The van der Waals surface area contributed by atoms with Crippen LogP contribution >= 0.6 is 0 Å². The van der Waals surface area contributed by atoms with Crippen LogP contribution in [0.3, 0.4) is 0 Å². The van der Waals surface area contributed by atoms with E-state index in [2.05, 4.69) is 19.9 Å². The van der Waals surface area contributed by atoms with E-state index in [1.54, 1.807) is 9.80 Å². The van der Waals surface area contributed by atoms with E-state index in [9.17, 15) is 0 Å². The first-order chi connectivity index (χ1) is 8.26. The number of aliphatic hydroxyl groups excluding tert-OH is 1. The van der Waals surface area contributed by atoms with Crippen LogP contribution in [0.25, 0.3) is 0 Å². The Balaban J connectivity index is 2.09. The van der Waals surface area contributed by atoms with E-state index in [0.717, 1.165) is 13.2 Å². The van der Waals surface area contributed by atoms with Crippen molar-refractivity contribution in [1.82, 2.24) is 0 Å². The maximum Gasteiger partial charge on any atom is 0.127 e. The summed E-state index contributed by atoms with van der Waals surface area (Å²) >= 11 is 0. The minimum Gasteiger partial charge on any atom is -0.394 e. The molecule has 0 atom stereocenters. The van der Waals surface area contributed by atoms with E-state index in [1.807, 2.05) is 0 Å². The summed E-state index contributed by atoms with van der Waals surface area (Å²) in [7, 11) is 0. The number of hydrogen-bond donors (Lipinski definition) is 3. The second kappa shape index (κ2) is 8.64. The van der Waals surface area contributed by atoms with Crippen molar-refractivity contribution in [3.05, 3.63) is 11.6 Å². The summed E-state index contributed by atoms with van der Waals surface area (Å²) < 4.78 is 5.31. The fourth-order valence-corrected chi connectivity index (χ4v) is 2.26. The first-order valence-electron chi connectivity index (χ1n) is 6.73. The highest BCUT2D eigenvalue weighted by atomic mass is 16.5. The average Bonchev–Trinajstić information content (AvgIpc) is 2.36. The van der Waals surface area contributed by atoms with Crippen molar-refractivity contribution in [2.75, 3.05) is 59.1 Å². The van der Waals surface area contributed by atoms with Crippen molar-refractivity contribution in [3.63, 3.8) is 0 Å². The third-order valence-electron chi connectivity index (χ3n) is 3.52. The van der Waals surface area contributed by atoms with Crippen molar-refractivity contribution < 1.29 is 19.6 Å². The van der Waals surface area contributed by atoms with Crippen LogP contribution in [0.4, 0.5) is 0 Å². The van der Waals surface area contributed by atoms with Crippen LogP contribution in [0.1, 0.15) is 13.8 Å². The molecule has 100 valence electrons. The molecule has 1 saturated heterocycles. The molecule has 17 heavy (non-hydrogen) atoms. The van der Waals surface area contributed by atoms with Crippen LogP contribution in [-0.2, 0) is 4.74 Å². The van der Waals surface area contributed by atoms with Crippen LogP contribution in [0, 0.1) is 0 Å². The first-order valence-corrected chi connectivity index (χ1v) is 6.73. The quantitative estimate of drug-likeness (QED) is 0.349. The van der Waals surface area contributed by atoms with Crippen LogP contribution in [0.2, 0.25) is 0 Å². The van der Waals surface area contributed by atoms with E-state index in [-0.39, 0.29) is 6.61 Å². The smallest absolute Gasteiger partial charge is 0.127 e. The highest BCUT2D eigenvalue weighted by molar-refractivity contribution is 4.94. The summed E-state index contributed by atoms with van der Waals surface area (Å²) in [4.78, 5) is 3.35. The third kappa shape index (κ3) is 6.17. The molecule has 0 aromatic carbocycles. The average molecular weight is 244 g/mol. The summed E-state index contributed by atoms with van der Waals surface area (Å²) in [6, 6.07) is 0. The van der Waals surface area contributed by atoms with Gasteiger partial charge in [0, 0.05) is 0 Å². The molecule has 0 saturated carbocycles. The molecule has 0 radical (unpaired) electrons. The molecule has 0 bridgehead atoms. The fourth-order valence-electron chi connectivity index (χ4n) is 2.26. The minimum atomic E-state index is 0.135. The van der Waals surface area contributed by atoms with Gasteiger partial charge in [0.05, 0.1) is 26.4 Å². The van der Waals surface area contributed by atoms with Gasteiger partial charge in [-0.3, -0.25) is 0 Å². The molecule has 4 nitrogen and oxygen atoms in total. The van der Waals surface area contributed by atoms with Gasteiger partial charge in [-0.1, -0.05) is 6.08 Å². The Morgan fingerprint density at radius 1 is 1.18 bits per heavy atom. The van der Waals surface area contributed by atoms with Gasteiger partial charge in [0.25, 0.3) is 0 Å². The lowest BCUT2D eigenvalue weighted by Gasteiger charge is -2.29. The van der Waals surface area contributed by atoms with Gasteiger partial charge in [0.15, 0.2) is 0 Å². The van der Waals surface area contributed by atoms with Crippen molar-refractivity contribution in [3.8, 4) is 0 Å². The Hall–Kier alpha value is -0.420. The topological polar surface area (TPSA) is 38.3 Å². The van der Waals surface area contributed by atoms with Crippen molar-refractivity contribution in [2.45, 2.75) is 13.8 Å². The number of allylic oxidation sites excluding steroid dienone is 1. The predicted molar refractivity (Wildman–Crippen MR) is 68.5 cm³/mol. The van der Waals surface area contributed by atoms with Gasteiger partial charge in [-0.2, -0.15) is 0 Å². The monoisotopic (exact) mass is 244 g/mol. The third-order valence-corrected chi connectivity index (χ3v) is 3.52. The standard InChI is InChI=1S/C13H26N2O2/c1-3-13(2)12-15-6-4-14(5-7-15)8-10-17-11-9-16/h3,16H,4-12H2,1-2H3/p+2/b13-3+.